The van der Waals surface area contributed by atoms with Crippen molar-refractivity contribution in [3.05, 3.63) is 82.1 Å². The van der Waals surface area contributed by atoms with Gasteiger partial charge in [0.15, 0.2) is 0 Å². The highest BCUT2D eigenvalue weighted by Crippen LogP contribution is 2.33. The Bertz CT molecular complexity index is 1020. The zero-order chi connectivity index (χ0) is 17.4. The number of aryl methyl sites for hydroxylation is 1. The van der Waals surface area contributed by atoms with Gasteiger partial charge in [-0.2, -0.15) is 0 Å². The van der Waals surface area contributed by atoms with Crippen LogP contribution in [0.2, 0.25) is 0 Å². The predicted molar refractivity (Wildman–Crippen MR) is 96.6 cm³/mol. The molecule has 1 aromatic heterocycles. The normalized spacial score (nSPS) is 12.2. The number of carbonyl (C=O) groups is 1. The zero-order valence-corrected chi connectivity index (χ0v) is 13.9. The minimum absolute atomic E-state index is 0.0802. The van der Waals surface area contributed by atoms with Crippen LogP contribution >= 0.6 is 0 Å². The molecular weight excluding hydrogens is 314 g/mol. The molecule has 4 nitrogen and oxygen atoms in total. The van der Waals surface area contributed by atoms with Crippen LogP contribution in [0, 0.1) is 0 Å². The van der Waals surface area contributed by atoms with E-state index in [0.717, 1.165) is 23.1 Å². The Morgan fingerprint density at radius 3 is 2.48 bits per heavy atom. The first-order valence-corrected chi connectivity index (χ1v) is 8.20. The molecule has 3 aromatic rings. The molecule has 4 heteroatoms. The minimum Gasteiger partial charge on any atom is -0.465 e. The molecule has 124 valence electrons. The van der Waals surface area contributed by atoms with Crippen LogP contribution in [0.25, 0.3) is 22.4 Å². The summed E-state index contributed by atoms with van der Waals surface area (Å²) in [5, 5.41) is 0. The lowest BCUT2D eigenvalue weighted by Crippen LogP contribution is -2.29. The Labute approximate surface area is 145 Å². The third-order valence-electron chi connectivity index (χ3n) is 4.66. The van der Waals surface area contributed by atoms with Crippen molar-refractivity contribution in [1.82, 2.24) is 4.57 Å². The van der Waals surface area contributed by atoms with E-state index in [0.29, 0.717) is 23.4 Å². The van der Waals surface area contributed by atoms with Gasteiger partial charge in [0.2, 0.25) is 0 Å². The van der Waals surface area contributed by atoms with Gasteiger partial charge in [0.1, 0.15) is 0 Å². The molecule has 1 aliphatic heterocycles. The summed E-state index contributed by atoms with van der Waals surface area (Å²) < 4.78 is 6.70. The van der Waals surface area contributed by atoms with E-state index in [9.17, 15) is 9.59 Å². The number of fused-ring (bicyclic) bond motifs is 3. The lowest BCUT2D eigenvalue weighted by atomic mass is 9.92. The minimum atomic E-state index is -0.433. The second-order valence-electron chi connectivity index (χ2n) is 6.04. The summed E-state index contributed by atoms with van der Waals surface area (Å²) in [6, 6.07) is 19.0. The fourth-order valence-corrected chi connectivity index (χ4v) is 3.46. The molecule has 0 atom stereocenters. The van der Waals surface area contributed by atoms with Gasteiger partial charge < -0.3 is 9.30 Å². The van der Waals surface area contributed by atoms with Gasteiger partial charge in [-0.1, -0.05) is 54.6 Å². The quantitative estimate of drug-likeness (QED) is 0.675. The summed E-state index contributed by atoms with van der Waals surface area (Å²) in [6.07, 6.45) is 0.766. The van der Waals surface area contributed by atoms with Crippen LogP contribution < -0.4 is 5.56 Å². The largest absolute Gasteiger partial charge is 0.465 e. The number of rotatable bonds is 2. The van der Waals surface area contributed by atoms with Crippen LogP contribution in [-0.2, 0) is 17.7 Å². The summed E-state index contributed by atoms with van der Waals surface area (Å²) in [6.45, 7) is 0.551. The van der Waals surface area contributed by atoms with Gasteiger partial charge in [0.25, 0.3) is 5.56 Å². The van der Waals surface area contributed by atoms with E-state index in [1.807, 2.05) is 54.6 Å². The lowest BCUT2D eigenvalue weighted by molar-refractivity contribution is 0.0600. The third-order valence-corrected chi connectivity index (χ3v) is 4.66. The standard InChI is InChI=1S/C21H17NO3/c1-25-21(24)18-13-17(14-7-3-2-4-8-14)20(23)22-12-11-15-9-5-6-10-16(15)19(18)22/h2-10,13H,11-12H2,1H3. The van der Waals surface area contributed by atoms with Crippen LogP contribution in [0.4, 0.5) is 0 Å². The van der Waals surface area contributed by atoms with Gasteiger partial charge in [-0.05, 0) is 23.6 Å². The summed E-state index contributed by atoms with van der Waals surface area (Å²) in [4.78, 5) is 25.6. The molecule has 0 unspecified atom stereocenters. The second-order valence-corrected chi connectivity index (χ2v) is 6.04. The number of hydrogen-bond acceptors (Lipinski definition) is 3. The first kappa shape index (κ1) is 15.4. The zero-order valence-electron chi connectivity index (χ0n) is 13.9. The van der Waals surface area contributed by atoms with Crippen LogP contribution in [0.3, 0.4) is 0 Å². The van der Waals surface area contributed by atoms with Crippen molar-refractivity contribution in [1.29, 1.82) is 0 Å². The van der Waals surface area contributed by atoms with Crippen molar-refractivity contribution < 1.29 is 9.53 Å². The molecule has 0 aliphatic carbocycles. The number of carbonyl (C=O) groups excluding carboxylic acids is 1. The maximum Gasteiger partial charge on any atom is 0.340 e. The Morgan fingerprint density at radius 1 is 1.00 bits per heavy atom. The van der Waals surface area contributed by atoms with E-state index in [-0.39, 0.29) is 5.56 Å². The molecule has 0 N–H and O–H groups in total. The Kier molecular flexibility index (Phi) is 3.73. The smallest absolute Gasteiger partial charge is 0.340 e. The van der Waals surface area contributed by atoms with Gasteiger partial charge in [0, 0.05) is 17.7 Å². The Morgan fingerprint density at radius 2 is 1.72 bits per heavy atom. The van der Waals surface area contributed by atoms with Gasteiger partial charge in [0.05, 0.1) is 18.4 Å². The average Bonchev–Trinajstić information content (AvgIpc) is 2.68. The van der Waals surface area contributed by atoms with E-state index >= 15 is 0 Å². The topological polar surface area (TPSA) is 48.3 Å². The highest BCUT2D eigenvalue weighted by atomic mass is 16.5. The molecule has 0 saturated carbocycles. The number of hydrogen-bond donors (Lipinski definition) is 0. The van der Waals surface area contributed by atoms with Crippen molar-refractivity contribution in [3.63, 3.8) is 0 Å². The van der Waals surface area contributed by atoms with Gasteiger partial charge in [-0.15, -0.1) is 0 Å². The predicted octanol–water partition coefficient (Wildman–Crippen LogP) is 3.53. The number of ether oxygens (including phenoxy) is 1. The molecule has 0 bridgehead atoms. The van der Waals surface area contributed by atoms with Crippen molar-refractivity contribution >= 4 is 5.97 Å². The fraction of sp³-hybridized carbons (Fsp3) is 0.143. The van der Waals surface area contributed by atoms with E-state index in [1.165, 1.54) is 7.11 Å². The molecule has 0 saturated heterocycles. The summed E-state index contributed by atoms with van der Waals surface area (Å²) in [5.74, 6) is -0.433. The highest BCUT2D eigenvalue weighted by Gasteiger charge is 2.26. The van der Waals surface area contributed by atoms with Crippen LogP contribution in [0.5, 0.6) is 0 Å². The van der Waals surface area contributed by atoms with Gasteiger partial charge in [-0.25, -0.2) is 4.79 Å². The van der Waals surface area contributed by atoms with Crippen LogP contribution in [-0.4, -0.2) is 17.6 Å². The lowest BCUT2D eigenvalue weighted by Gasteiger charge is -2.24. The van der Waals surface area contributed by atoms with E-state index in [2.05, 4.69) is 0 Å². The number of aromatic nitrogens is 1. The Balaban J connectivity index is 2.06. The van der Waals surface area contributed by atoms with Gasteiger partial charge >= 0.3 is 5.97 Å². The molecule has 0 fully saturated rings. The molecule has 1 aliphatic rings. The average molecular weight is 331 g/mol. The van der Waals surface area contributed by atoms with E-state index < -0.39 is 5.97 Å². The third kappa shape index (κ3) is 2.47. The number of esters is 1. The van der Waals surface area contributed by atoms with E-state index in [1.54, 1.807) is 10.6 Å². The Hall–Kier alpha value is -3.14. The number of nitrogens with zero attached hydrogens (tertiary/aromatic N) is 1. The molecule has 0 amide bonds. The van der Waals surface area contributed by atoms with Crippen LogP contribution in [0.1, 0.15) is 15.9 Å². The van der Waals surface area contributed by atoms with Crippen molar-refractivity contribution in [2.45, 2.75) is 13.0 Å². The number of pyridine rings is 1. The number of methoxy groups -OCH3 is 1. The molecule has 25 heavy (non-hydrogen) atoms. The highest BCUT2D eigenvalue weighted by molar-refractivity contribution is 5.98. The first-order chi connectivity index (χ1) is 12.2. The van der Waals surface area contributed by atoms with Crippen molar-refractivity contribution in [3.8, 4) is 22.4 Å². The van der Waals surface area contributed by atoms with Crippen molar-refractivity contribution in [2.24, 2.45) is 0 Å². The molecular formula is C21H17NO3. The van der Waals surface area contributed by atoms with Crippen molar-refractivity contribution in [2.75, 3.05) is 7.11 Å². The summed E-state index contributed by atoms with van der Waals surface area (Å²) in [5.41, 5.74) is 4.37. The molecule has 0 radical (unpaired) electrons. The maximum atomic E-state index is 13.1. The summed E-state index contributed by atoms with van der Waals surface area (Å²) in [7, 11) is 1.36. The summed E-state index contributed by atoms with van der Waals surface area (Å²) >= 11 is 0. The second kappa shape index (κ2) is 6.06. The maximum absolute atomic E-state index is 13.1. The number of benzene rings is 2. The fourth-order valence-electron chi connectivity index (χ4n) is 3.46. The molecule has 0 spiro atoms. The molecule has 2 aromatic carbocycles. The molecule has 4 rings (SSSR count). The van der Waals surface area contributed by atoms with Gasteiger partial charge in [-0.3, -0.25) is 4.79 Å². The van der Waals surface area contributed by atoms with E-state index in [4.69, 9.17) is 4.74 Å². The first-order valence-electron chi connectivity index (χ1n) is 8.20. The monoisotopic (exact) mass is 331 g/mol. The van der Waals surface area contributed by atoms with Crippen LogP contribution in [0.15, 0.2) is 65.5 Å². The SMILES string of the molecule is COC(=O)c1cc(-c2ccccc2)c(=O)n2c1-c1ccccc1CC2. The molecule has 2 heterocycles.